The van der Waals surface area contributed by atoms with Gasteiger partial charge in [0, 0.05) is 19.8 Å². The third kappa shape index (κ3) is 4.00. The molecule has 0 bridgehead atoms. The molecule has 1 aromatic carbocycles. The number of benzene rings is 1. The molecule has 1 aromatic rings. The number of hydrogen-bond acceptors (Lipinski definition) is 2. The molecule has 86 valence electrons. The highest BCUT2D eigenvalue weighted by Gasteiger charge is 2.06. The molecule has 5 heteroatoms. The molecule has 0 fully saturated rings. The number of para-hydroxylation sites is 1. The van der Waals surface area contributed by atoms with E-state index in [2.05, 4.69) is 10.6 Å². The number of anilines is 1. The molecule has 1 rings (SSSR count). The zero-order valence-electron chi connectivity index (χ0n) is 9.36. The van der Waals surface area contributed by atoms with Crippen molar-refractivity contribution in [3.63, 3.8) is 0 Å². The maximum Gasteiger partial charge on any atom is 0.319 e. The van der Waals surface area contributed by atoms with Crippen LogP contribution >= 0.6 is 0 Å². The Balaban J connectivity index is 2.35. The van der Waals surface area contributed by atoms with Crippen molar-refractivity contribution in [1.29, 1.82) is 0 Å². The SMILES string of the molecule is CN(C)C(=O)CNC(=O)Nc1ccccc1. The first-order valence-corrected chi connectivity index (χ1v) is 4.89. The summed E-state index contributed by atoms with van der Waals surface area (Å²) in [6.07, 6.45) is 0. The summed E-state index contributed by atoms with van der Waals surface area (Å²) in [4.78, 5) is 23.9. The van der Waals surface area contributed by atoms with Crippen LogP contribution in [-0.2, 0) is 4.79 Å². The van der Waals surface area contributed by atoms with Gasteiger partial charge in [0.25, 0.3) is 0 Å². The molecular weight excluding hydrogens is 206 g/mol. The van der Waals surface area contributed by atoms with Crippen molar-refractivity contribution in [2.75, 3.05) is 26.0 Å². The van der Waals surface area contributed by atoms with E-state index >= 15 is 0 Å². The van der Waals surface area contributed by atoms with Gasteiger partial charge >= 0.3 is 6.03 Å². The smallest absolute Gasteiger partial charge is 0.319 e. The average Bonchev–Trinajstić information content (AvgIpc) is 2.27. The summed E-state index contributed by atoms with van der Waals surface area (Å²) in [5.74, 6) is -0.150. The van der Waals surface area contributed by atoms with Gasteiger partial charge in [-0.2, -0.15) is 0 Å². The topological polar surface area (TPSA) is 61.4 Å². The van der Waals surface area contributed by atoms with Crippen LogP contribution in [0, 0.1) is 0 Å². The fourth-order valence-electron chi connectivity index (χ4n) is 1.01. The van der Waals surface area contributed by atoms with Gasteiger partial charge in [0.1, 0.15) is 0 Å². The van der Waals surface area contributed by atoms with E-state index in [1.54, 1.807) is 26.2 Å². The van der Waals surface area contributed by atoms with Gasteiger partial charge in [0.2, 0.25) is 5.91 Å². The molecule has 5 nitrogen and oxygen atoms in total. The van der Waals surface area contributed by atoms with Crippen LogP contribution in [0.3, 0.4) is 0 Å². The van der Waals surface area contributed by atoms with E-state index in [4.69, 9.17) is 0 Å². The van der Waals surface area contributed by atoms with E-state index in [-0.39, 0.29) is 18.5 Å². The zero-order valence-corrected chi connectivity index (χ0v) is 9.36. The fraction of sp³-hybridized carbons (Fsp3) is 0.273. The first-order valence-electron chi connectivity index (χ1n) is 4.89. The van der Waals surface area contributed by atoms with Crippen LogP contribution in [0.25, 0.3) is 0 Å². The third-order valence-electron chi connectivity index (χ3n) is 1.93. The Morgan fingerprint density at radius 3 is 2.38 bits per heavy atom. The average molecular weight is 221 g/mol. The molecule has 0 saturated carbocycles. The van der Waals surface area contributed by atoms with Gasteiger partial charge in [-0.05, 0) is 12.1 Å². The van der Waals surface area contributed by atoms with Gasteiger partial charge < -0.3 is 15.5 Å². The summed E-state index contributed by atoms with van der Waals surface area (Å²) in [6, 6.07) is 8.65. The number of nitrogens with one attached hydrogen (secondary N) is 2. The summed E-state index contributed by atoms with van der Waals surface area (Å²) < 4.78 is 0. The first kappa shape index (κ1) is 12.0. The molecule has 0 aliphatic carbocycles. The molecule has 3 amide bonds. The number of carbonyl (C=O) groups is 2. The van der Waals surface area contributed by atoms with E-state index in [0.717, 1.165) is 0 Å². The van der Waals surface area contributed by atoms with Gasteiger partial charge in [-0.3, -0.25) is 4.79 Å². The van der Waals surface area contributed by atoms with Crippen molar-refractivity contribution >= 4 is 17.6 Å². The minimum Gasteiger partial charge on any atom is -0.347 e. The largest absolute Gasteiger partial charge is 0.347 e. The molecule has 0 unspecified atom stereocenters. The van der Waals surface area contributed by atoms with Crippen LogP contribution in [0.1, 0.15) is 0 Å². The maximum atomic E-state index is 11.3. The predicted octanol–water partition coefficient (Wildman–Crippen LogP) is 0.896. The normalized spacial score (nSPS) is 9.38. The second kappa shape index (κ2) is 5.75. The molecule has 2 N–H and O–H groups in total. The Bertz CT molecular complexity index is 363. The lowest BCUT2D eigenvalue weighted by atomic mass is 10.3. The van der Waals surface area contributed by atoms with Crippen molar-refractivity contribution in [2.45, 2.75) is 0 Å². The van der Waals surface area contributed by atoms with E-state index < -0.39 is 0 Å². The second-order valence-electron chi connectivity index (χ2n) is 3.46. The summed E-state index contributed by atoms with van der Waals surface area (Å²) >= 11 is 0. The number of nitrogens with zero attached hydrogens (tertiary/aromatic N) is 1. The summed E-state index contributed by atoms with van der Waals surface area (Å²) in [6.45, 7) is -0.00827. The highest BCUT2D eigenvalue weighted by atomic mass is 16.2. The highest BCUT2D eigenvalue weighted by Crippen LogP contribution is 2.03. The van der Waals surface area contributed by atoms with Crippen LogP contribution in [-0.4, -0.2) is 37.5 Å². The van der Waals surface area contributed by atoms with Crippen LogP contribution in [0.15, 0.2) is 30.3 Å². The molecule has 0 saturated heterocycles. The van der Waals surface area contributed by atoms with Crippen molar-refractivity contribution < 1.29 is 9.59 Å². The fourth-order valence-corrected chi connectivity index (χ4v) is 1.01. The van der Waals surface area contributed by atoms with E-state index in [9.17, 15) is 9.59 Å². The summed E-state index contributed by atoms with van der Waals surface area (Å²) in [5, 5.41) is 5.09. The number of rotatable bonds is 3. The highest BCUT2D eigenvalue weighted by molar-refractivity contribution is 5.92. The van der Waals surface area contributed by atoms with Crippen molar-refractivity contribution in [2.24, 2.45) is 0 Å². The van der Waals surface area contributed by atoms with Gasteiger partial charge in [0.05, 0.1) is 6.54 Å². The van der Waals surface area contributed by atoms with Gasteiger partial charge in [-0.25, -0.2) is 4.79 Å². The third-order valence-corrected chi connectivity index (χ3v) is 1.93. The van der Waals surface area contributed by atoms with Crippen molar-refractivity contribution in [1.82, 2.24) is 10.2 Å². The molecule has 0 heterocycles. The summed E-state index contributed by atoms with van der Waals surface area (Å²) in [5.41, 5.74) is 0.692. The van der Waals surface area contributed by atoms with Gasteiger partial charge in [-0.15, -0.1) is 0 Å². The van der Waals surface area contributed by atoms with Gasteiger partial charge in [0.15, 0.2) is 0 Å². The lowest BCUT2D eigenvalue weighted by molar-refractivity contribution is -0.127. The number of hydrogen-bond donors (Lipinski definition) is 2. The maximum absolute atomic E-state index is 11.3. The molecule has 0 spiro atoms. The van der Waals surface area contributed by atoms with Crippen LogP contribution in [0.2, 0.25) is 0 Å². The molecule has 0 aliphatic rings. The quantitative estimate of drug-likeness (QED) is 0.796. The molecule has 0 aliphatic heterocycles. The van der Waals surface area contributed by atoms with Gasteiger partial charge in [-0.1, -0.05) is 18.2 Å². The van der Waals surface area contributed by atoms with E-state index in [0.29, 0.717) is 5.69 Å². The standard InChI is InChI=1S/C11H15N3O2/c1-14(2)10(15)8-12-11(16)13-9-6-4-3-5-7-9/h3-7H,8H2,1-2H3,(H2,12,13,16). The zero-order chi connectivity index (χ0) is 12.0. The molecule has 0 aromatic heterocycles. The minimum absolute atomic E-state index is 0.00827. The Morgan fingerprint density at radius 2 is 1.81 bits per heavy atom. The number of carbonyl (C=O) groups excluding carboxylic acids is 2. The predicted molar refractivity (Wildman–Crippen MR) is 62.2 cm³/mol. The van der Waals surface area contributed by atoms with E-state index in [1.807, 2.05) is 18.2 Å². The van der Waals surface area contributed by atoms with Crippen molar-refractivity contribution in [3.05, 3.63) is 30.3 Å². The molecule has 16 heavy (non-hydrogen) atoms. The lowest BCUT2D eigenvalue weighted by Crippen LogP contribution is -2.38. The number of likely N-dealkylation sites (N-methyl/N-ethyl adjacent to an activating group) is 1. The summed E-state index contributed by atoms with van der Waals surface area (Å²) in [7, 11) is 3.28. The Morgan fingerprint density at radius 1 is 1.19 bits per heavy atom. The Labute approximate surface area is 94.4 Å². The first-order chi connectivity index (χ1) is 7.59. The Hall–Kier alpha value is -2.04. The number of urea groups is 1. The van der Waals surface area contributed by atoms with Crippen LogP contribution < -0.4 is 10.6 Å². The monoisotopic (exact) mass is 221 g/mol. The molecular formula is C11H15N3O2. The van der Waals surface area contributed by atoms with E-state index in [1.165, 1.54) is 4.90 Å². The van der Waals surface area contributed by atoms with Crippen LogP contribution in [0.4, 0.5) is 10.5 Å². The van der Waals surface area contributed by atoms with Crippen LogP contribution in [0.5, 0.6) is 0 Å². The molecule has 0 atom stereocenters. The lowest BCUT2D eigenvalue weighted by Gasteiger charge is -2.11. The van der Waals surface area contributed by atoms with Crippen molar-refractivity contribution in [3.8, 4) is 0 Å². The second-order valence-corrected chi connectivity index (χ2v) is 3.46. The molecule has 0 radical (unpaired) electrons. The number of amides is 3. The Kier molecular flexibility index (Phi) is 4.32. The minimum atomic E-state index is -0.388.